The summed E-state index contributed by atoms with van der Waals surface area (Å²) in [6.07, 6.45) is 0.783. The fraction of sp³-hybridized carbons (Fsp3) is 0.435. The van der Waals surface area contributed by atoms with Crippen molar-refractivity contribution in [2.24, 2.45) is 0 Å². The molecule has 0 radical (unpaired) electrons. The molecule has 7 heteroatoms. The fourth-order valence-corrected chi connectivity index (χ4v) is 3.58. The minimum atomic E-state index is -0.0217. The van der Waals surface area contributed by atoms with E-state index < -0.39 is 0 Å². The monoisotopic (exact) mass is 409 g/mol. The van der Waals surface area contributed by atoms with Crippen LogP contribution < -0.4 is 9.47 Å². The van der Waals surface area contributed by atoms with Gasteiger partial charge in [-0.3, -0.25) is 4.90 Å². The lowest BCUT2D eigenvalue weighted by molar-refractivity contribution is 0.317. The van der Waals surface area contributed by atoms with E-state index in [0.717, 1.165) is 29.3 Å². The van der Waals surface area contributed by atoms with Crippen molar-refractivity contribution in [1.82, 2.24) is 25.1 Å². The van der Waals surface area contributed by atoms with E-state index in [0.29, 0.717) is 12.5 Å². The number of methoxy groups -OCH3 is 2. The van der Waals surface area contributed by atoms with Crippen LogP contribution in [0.3, 0.4) is 0 Å². The van der Waals surface area contributed by atoms with Crippen LogP contribution in [0.15, 0.2) is 42.5 Å². The van der Waals surface area contributed by atoms with Gasteiger partial charge in [0.25, 0.3) is 0 Å². The Labute approximate surface area is 178 Å². The third-order valence-corrected chi connectivity index (χ3v) is 5.30. The van der Waals surface area contributed by atoms with Crippen LogP contribution in [0, 0.1) is 0 Å². The number of nitrogens with zero attached hydrogens (tertiary/aromatic N) is 5. The van der Waals surface area contributed by atoms with E-state index in [-0.39, 0.29) is 6.04 Å². The van der Waals surface area contributed by atoms with Crippen molar-refractivity contribution in [1.29, 1.82) is 0 Å². The zero-order valence-corrected chi connectivity index (χ0v) is 18.7. The standard InChI is InChI=1S/C23H31N5O2/c1-16(2)18-8-10-19(11-9-18)22(27(3)4)23-24-25-26-28(23)14-13-17-7-12-20(29-5)21(15-17)30-6/h7-12,15-16,22H,13-14H2,1-6H3/t22-/m0/s1. The van der Waals surface area contributed by atoms with E-state index >= 15 is 0 Å². The molecule has 0 bridgehead atoms. The molecule has 0 fully saturated rings. The fourth-order valence-electron chi connectivity index (χ4n) is 3.58. The van der Waals surface area contributed by atoms with E-state index in [1.807, 2.05) is 37.0 Å². The van der Waals surface area contributed by atoms with Gasteiger partial charge in [0.05, 0.1) is 20.3 Å². The van der Waals surface area contributed by atoms with E-state index in [1.54, 1.807) is 14.2 Å². The second-order valence-electron chi connectivity index (χ2n) is 7.89. The minimum Gasteiger partial charge on any atom is -0.493 e. The van der Waals surface area contributed by atoms with Crippen molar-refractivity contribution >= 4 is 0 Å². The summed E-state index contributed by atoms with van der Waals surface area (Å²) in [4.78, 5) is 2.14. The maximum absolute atomic E-state index is 5.41. The molecular formula is C23H31N5O2. The Balaban J connectivity index is 1.82. The van der Waals surface area contributed by atoms with Gasteiger partial charge in [-0.15, -0.1) is 5.10 Å². The zero-order chi connectivity index (χ0) is 21.7. The summed E-state index contributed by atoms with van der Waals surface area (Å²) in [5.41, 5.74) is 3.63. The Morgan fingerprint density at radius 1 is 0.933 bits per heavy atom. The summed E-state index contributed by atoms with van der Waals surface area (Å²) in [7, 11) is 7.38. The van der Waals surface area contributed by atoms with Gasteiger partial charge >= 0.3 is 0 Å². The summed E-state index contributed by atoms with van der Waals surface area (Å²) in [5, 5.41) is 12.6. The molecule has 1 aromatic heterocycles. The molecule has 0 unspecified atom stereocenters. The van der Waals surface area contributed by atoms with E-state index in [9.17, 15) is 0 Å². The molecule has 0 N–H and O–H groups in total. The first-order valence-electron chi connectivity index (χ1n) is 10.2. The lowest BCUT2D eigenvalue weighted by Crippen LogP contribution is -2.25. The van der Waals surface area contributed by atoms with Gasteiger partial charge in [0, 0.05) is 6.54 Å². The molecule has 3 aromatic rings. The second-order valence-corrected chi connectivity index (χ2v) is 7.89. The molecule has 1 heterocycles. The number of tetrazole rings is 1. The molecule has 3 rings (SSSR count). The van der Waals surface area contributed by atoms with Crippen LogP contribution in [0.1, 0.15) is 48.3 Å². The Morgan fingerprint density at radius 3 is 2.20 bits per heavy atom. The Bertz CT molecular complexity index is 950. The third kappa shape index (κ3) is 4.79. The number of hydrogen-bond acceptors (Lipinski definition) is 6. The summed E-state index contributed by atoms with van der Waals surface area (Å²) in [6, 6.07) is 14.7. The van der Waals surface area contributed by atoms with Crippen LogP contribution in [0.5, 0.6) is 11.5 Å². The lowest BCUT2D eigenvalue weighted by atomic mass is 9.98. The molecule has 0 aliphatic rings. The van der Waals surface area contributed by atoms with E-state index in [1.165, 1.54) is 11.1 Å². The first-order valence-corrected chi connectivity index (χ1v) is 10.2. The number of hydrogen-bond donors (Lipinski definition) is 0. The summed E-state index contributed by atoms with van der Waals surface area (Å²) < 4.78 is 12.6. The topological polar surface area (TPSA) is 65.3 Å². The maximum atomic E-state index is 5.41. The van der Waals surface area contributed by atoms with Crippen molar-refractivity contribution in [3.63, 3.8) is 0 Å². The maximum Gasteiger partial charge on any atom is 0.173 e. The number of ether oxygens (including phenoxy) is 2. The average molecular weight is 410 g/mol. The number of benzene rings is 2. The van der Waals surface area contributed by atoms with Crippen LogP contribution >= 0.6 is 0 Å². The quantitative estimate of drug-likeness (QED) is 0.537. The lowest BCUT2D eigenvalue weighted by Gasteiger charge is -2.24. The predicted molar refractivity (Wildman–Crippen MR) is 117 cm³/mol. The zero-order valence-electron chi connectivity index (χ0n) is 18.7. The van der Waals surface area contributed by atoms with E-state index in [4.69, 9.17) is 9.47 Å². The largest absolute Gasteiger partial charge is 0.493 e. The highest BCUT2D eigenvalue weighted by Crippen LogP contribution is 2.29. The minimum absolute atomic E-state index is 0.0217. The van der Waals surface area contributed by atoms with Crippen molar-refractivity contribution in [2.75, 3.05) is 28.3 Å². The van der Waals surface area contributed by atoms with Crippen LogP contribution in [0.25, 0.3) is 0 Å². The highest BCUT2D eigenvalue weighted by Gasteiger charge is 2.23. The summed E-state index contributed by atoms with van der Waals surface area (Å²) >= 11 is 0. The van der Waals surface area contributed by atoms with Gasteiger partial charge in [0.15, 0.2) is 17.3 Å². The molecule has 0 saturated carbocycles. The number of rotatable bonds is 9. The van der Waals surface area contributed by atoms with Crippen LogP contribution in [0.4, 0.5) is 0 Å². The molecule has 0 aliphatic carbocycles. The van der Waals surface area contributed by atoms with Crippen molar-refractivity contribution in [3.05, 3.63) is 65.0 Å². The molecule has 7 nitrogen and oxygen atoms in total. The second kappa shape index (κ2) is 9.71. The molecule has 0 spiro atoms. The van der Waals surface area contributed by atoms with Gasteiger partial charge in [0.1, 0.15) is 0 Å². The predicted octanol–water partition coefficient (Wildman–Crippen LogP) is 3.71. The number of aryl methyl sites for hydroxylation is 2. The molecule has 0 aliphatic heterocycles. The van der Waals surface area contributed by atoms with Gasteiger partial charge in [-0.2, -0.15) is 0 Å². The van der Waals surface area contributed by atoms with Crippen LogP contribution in [-0.4, -0.2) is 53.4 Å². The molecule has 1 atom stereocenters. The summed E-state index contributed by atoms with van der Waals surface area (Å²) in [6.45, 7) is 5.08. The van der Waals surface area contributed by atoms with Gasteiger partial charge in [-0.1, -0.05) is 44.2 Å². The molecular weight excluding hydrogens is 378 g/mol. The average Bonchev–Trinajstić information content (AvgIpc) is 3.20. The molecule has 2 aromatic carbocycles. The highest BCUT2D eigenvalue weighted by molar-refractivity contribution is 5.42. The van der Waals surface area contributed by atoms with Gasteiger partial charge in [-0.25, -0.2) is 4.68 Å². The molecule has 0 saturated heterocycles. The SMILES string of the molecule is COc1ccc(CCn2nnnc2[C@H](c2ccc(C(C)C)cc2)N(C)C)cc1OC. The molecule has 30 heavy (non-hydrogen) atoms. The van der Waals surface area contributed by atoms with E-state index in [2.05, 4.69) is 58.5 Å². The van der Waals surface area contributed by atoms with Gasteiger partial charge < -0.3 is 9.47 Å². The van der Waals surface area contributed by atoms with Crippen molar-refractivity contribution < 1.29 is 9.47 Å². The Kier molecular flexibility index (Phi) is 7.05. The summed E-state index contributed by atoms with van der Waals surface area (Å²) in [5.74, 6) is 2.78. The Morgan fingerprint density at radius 2 is 1.60 bits per heavy atom. The molecule has 160 valence electrons. The Hall–Kier alpha value is -2.93. The van der Waals surface area contributed by atoms with Crippen molar-refractivity contribution in [2.45, 2.75) is 38.8 Å². The first kappa shape index (κ1) is 21.8. The normalized spacial score (nSPS) is 12.4. The van der Waals surface area contributed by atoms with Crippen LogP contribution in [0.2, 0.25) is 0 Å². The van der Waals surface area contributed by atoms with Crippen molar-refractivity contribution in [3.8, 4) is 11.5 Å². The van der Waals surface area contributed by atoms with Gasteiger partial charge in [-0.05, 0) is 65.7 Å². The highest BCUT2D eigenvalue weighted by atomic mass is 16.5. The third-order valence-electron chi connectivity index (χ3n) is 5.30. The smallest absolute Gasteiger partial charge is 0.173 e. The number of aromatic nitrogens is 4. The molecule has 0 amide bonds. The first-order chi connectivity index (χ1) is 14.4. The van der Waals surface area contributed by atoms with Gasteiger partial charge in [0.2, 0.25) is 0 Å². The van der Waals surface area contributed by atoms with Crippen LogP contribution in [-0.2, 0) is 13.0 Å².